The summed E-state index contributed by atoms with van der Waals surface area (Å²) in [6.07, 6.45) is 9.25. The van der Waals surface area contributed by atoms with Crippen molar-refractivity contribution < 1.29 is 0 Å². The maximum absolute atomic E-state index is 9.43. The number of nitriles is 2. The van der Waals surface area contributed by atoms with Gasteiger partial charge in [-0.05, 0) is 25.0 Å². The number of nitrogens with zero attached hydrogens (tertiary/aromatic N) is 2. The first-order valence-corrected chi connectivity index (χ1v) is 7.34. The van der Waals surface area contributed by atoms with Crippen molar-refractivity contribution in [1.82, 2.24) is 0 Å². The molecule has 0 fully saturated rings. The van der Waals surface area contributed by atoms with E-state index in [0.717, 1.165) is 11.1 Å². The highest BCUT2D eigenvalue weighted by Crippen LogP contribution is 2.24. The lowest BCUT2D eigenvalue weighted by molar-refractivity contribution is 1.44. The van der Waals surface area contributed by atoms with Crippen LogP contribution in [0.15, 0.2) is 71.9 Å². The third-order valence-electron chi connectivity index (χ3n) is 2.64. The molecule has 0 aromatic heterocycles. The van der Waals surface area contributed by atoms with Crippen LogP contribution in [-0.4, -0.2) is 0 Å². The molecule has 1 rings (SSSR count). The van der Waals surface area contributed by atoms with Gasteiger partial charge in [-0.15, -0.1) is 0 Å². The van der Waals surface area contributed by atoms with Gasteiger partial charge < -0.3 is 0 Å². The molecule has 1 aromatic carbocycles. The van der Waals surface area contributed by atoms with Crippen molar-refractivity contribution in [3.05, 3.63) is 77.4 Å². The van der Waals surface area contributed by atoms with E-state index in [1.54, 1.807) is 0 Å². The lowest BCUT2D eigenvalue weighted by Gasteiger charge is -2.04. The molecular weight excluding hydrogens is 268 g/mol. The van der Waals surface area contributed by atoms with Crippen LogP contribution in [0.2, 0.25) is 0 Å². The minimum absolute atomic E-state index is 0.384. The summed E-state index contributed by atoms with van der Waals surface area (Å²) in [6, 6.07) is 13.5. The summed E-state index contributed by atoms with van der Waals surface area (Å²) < 4.78 is 0. The molecular formula is C20H22N2. The van der Waals surface area contributed by atoms with Gasteiger partial charge in [-0.3, -0.25) is 0 Å². The molecule has 0 saturated carbocycles. The van der Waals surface area contributed by atoms with Crippen molar-refractivity contribution in [3.63, 3.8) is 0 Å². The standard InChI is InChI=1S/C18H16N2.C2H6/c1-3-5-10-15(9-4-2)17(13-19)18(14-20)16-11-7-6-8-12-16;1-2/h3-12H,1-2H3;1-2H3/b5-3-,9-4-,15-10+,18-17+;. The molecule has 22 heavy (non-hydrogen) atoms. The Morgan fingerprint density at radius 3 is 2.05 bits per heavy atom. The second-order valence-corrected chi connectivity index (χ2v) is 3.99. The molecule has 1 aromatic rings. The monoisotopic (exact) mass is 290 g/mol. The zero-order chi connectivity index (χ0) is 16.8. The molecule has 0 spiro atoms. The van der Waals surface area contributed by atoms with Crippen LogP contribution in [-0.2, 0) is 0 Å². The van der Waals surface area contributed by atoms with Gasteiger partial charge in [0.25, 0.3) is 0 Å². The molecule has 0 N–H and O–H groups in total. The van der Waals surface area contributed by atoms with Gasteiger partial charge in [-0.25, -0.2) is 0 Å². The first kappa shape index (κ1) is 19.2. The summed E-state index contributed by atoms with van der Waals surface area (Å²) in [6.45, 7) is 7.79. The molecule has 0 radical (unpaired) electrons. The van der Waals surface area contributed by atoms with E-state index in [0.29, 0.717) is 11.1 Å². The summed E-state index contributed by atoms with van der Waals surface area (Å²) in [5.74, 6) is 0. The van der Waals surface area contributed by atoms with E-state index in [1.807, 2.05) is 88.4 Å². The first-order valence-electron chi connectivity index (χ1n) is 7.34. The Hall–Kier alpha value is -2.84. The average Bonchev–Trinajstić information content (AvgIpc) is 2.59. The lowest BCUT2D eigenvalue weighted by Crippen LogP contribution is -1.91. The fraction of sp³-hybridized carbons (Fsp3) is 0.200. The molecule has 0 amide bonds. The number of allylic oxidation sites excluding steroid dienone is 8. The summed E-state index contributed by atoms with van der Waals surface area (Å²) in [4.78, 5) is 0. The van der Waals surface area contributed by atoms with Gasteiger partial charge in [0.1, 0.15) is 12.1 Å². The zero-order valence-corrected chi connectivity index (χ0v) is 13.7. The summed E-state index contributed by atoms with van der Waals surface area (Å²) in [7, 11) is 0. The summed E-state index contributed by atoms with van der Waals surface area (Å²) in [5.41, 5.74) is 2.26. The Morgan fingerprint density at radius 2 is 1.59 bits per heavy atom. The number of hydrogen-bond donors (Lipinski definition) is 0. The third-order valence-corrected chi connectivity index (χ3v) is 2.64. The van der Waals surface area contributed by atoms with Crippen molar-refractivity contribution in [3.8, 4) is 12.1 Å². The summed E-state index contributed by atoms with van der Waals surface area (Å²) in [5, 5.41) is 18.8. The van der Waals surface area contributed by atoms with Crippen LogP contribution in [0.4, 0.5) is 0 Å². The van der Waals surface area contributed by atoms with Gasteiger partial charge in [0.15, 0.2) is 0 Å². The summed E-state index contributed by atoms with van der Waals surface area (Å²) >= 11 is 0. The van der Waals surface area contributed by atoms with Gasteiger partial charge in [0, 0.05) is 0 Å². The maximum atomic E-state index is 9.43. The van der Waals surface area contributed by atoms with Crippen molar-refractivity contribution in [1.29, 1.82) is 10.5 Å². The Bertz CT molecular complexity index is 645. The Labute approximate surface area is 134 Å². The van der Waals surface area contributed by atoms with Gasteiger partial charge in [0.05, 0.1) is 11.1 Å². The van der Waals surface area contributed by atoms with E-state index in [4.69, 9.17) is 0 Å². The second-order valence-electron chi connectivity index (χ2n) is 3.99. The molecule has 0 bridgehead atoms. The molecule has 0 unspecified atom stereocenters. The van der Waals surface area contributed by atoms with E-state index < -0.39 is 0 Å². The molecule has 0 saturated heterocycles. The number of rotatable bonds is 4. The van der Waals surface area contributed by atoms with E-state index in [2.05, 4.69) is 12.1 Å². The van der Waals surface area contributed by atoms with E-state index in [-0.39, 0.29) is 0 Å². The Kier molecular flexibility index (Phi) is 10.4. The van der Waals surface area contributed by atoms with Gasteiger partial charge in [-0.1, -0.05) is 74.6 Å². The predicted octanol–water partition coefficient (Wildman–Crippen LogP) is 5.59. The highest BCUT2D eigenvalue weighted by Gasteiger charge is 2.11. The lowest BCUT2D eigenvalue weighted by atomic mass is 9.95. The van der Waals surface area contributed by atoms with Crippen LogP contribution in [0.1, 0.15) is 33.3 Å². The second kappa shape index (κ2) is 11.9. The molecule has 2 nitrogen and oxygen atoms in total. The van der Waals surface area contributed by atoms with Gasteiger partial charge in [-0.2, -0.15) is 10.5 Å². The van der Waals surface area contributed by atoms with Crippen LogP contribution in [0.25, 0.3) is 5.57 Å². The van der Waals surface area contributed by atoms with E-state index in [1.165, 1.54) is 0 Å². The maximum Gasteiger partial charge on any atom is 0.101 e. The highest BCUT2D eigenvalue weighted by atomic mass is 14.3. The van der Waals surface area contributed by atoms with Crippen LogP contribution in [0.5, 0.6) is 0 Å². The minimum atomic E-state index is 0.384. The van der Waals surface area contributed by atoms with Gasteiger partial charge in [0.2, 0.25) is 0 Å². The van der Waals surface area contributed by atoms with E-state index >= 15 is 0 Å². The normalized spacial score (nSPS) is 12.2. The SMILES string of the molecule is CC.C\C=C/C=C(\C=C/C)C(/C#N)=C(\C#N)c1ccccc1. The zero-order valence-electron chi connectivity index (χ0n) is 13.7. The van der Waals surface area contributed by atoms with Crippen LogP contribution in [0, 0.1) is 22.7 Å². The van der Waals surface area contributed by atoms with Crippen LogP contribution < -0.4 is 0 Å². The largest absolute Gasteiger partial charge is 0.192 e. The third kappa shape index (κ3) is 5.65. The molecule has 0 atom stereocenters. The first-order chi connectivity index (χ1) is 10.8. The minimum Gasteiger partial charge on any atom is -0.192 e. The predicted molar refractivity (Wildman–Crippen MR) is 93.6 cm³/mol. The van der Waals surface area contributed by atoms with Crippen molar-refractivity contribution in [2.24, 2.45) is 0 Å². The molecule has 0 aliphatic heterocycles. The van der Waals surface area contributed by atoms with E-state index in [9.17, 15) is 10.5 Å². The number of benzene rings is 1. The fourth-order valence-electron chi connectivity index (χ4n) is 1.74. The highest BCUT2D eigenvalue weighted by molar-refractivity contribution is 5.85. The molecule has 112 valence electrons. The van der Waals surface area contributed by atoms with Gasteiger partial charge >= 0.3 is 0 Å². The Balaban J connectivity index is 0.00000211. The average molecular weight is 290 g/mol. The van der Waals surface area contributed by atoms with Crippen molar-refractivity contribution in [2.45, 2.75) is 27.7 Å². The Morgan fingerprint density at radius 1 is 0.955 bits per heavy atom. The van der Waals surface area contributed by atoms with Crippen LogP contribution >= 0.6 is 0 Å². The molecule has 2 heteroatoms. The van der Waals surface area contributed by atoms with Crippen molar-refractivity contribution >= 4 is 5.57 Å². The molecule has 0 aliphatic rings. The topological polar surface area (TPSA) is 47.6 Å². The smallest absolute Gasteiger partial charge is 0.101 e. The van der Waals surface area contributed by atoms with Crippen molar-refractivity contribution in [2.75, 3.05) is 0 Å². The number of hydrogen-bond acceptors (Lipinski definition) is 2. The fourth-order valence-corrected chi connectivity index (χ4v) is 1.74. The van der Waals surface area contributed by atoms with Crippen LogP contribution in [0.3, 0.4) is 0 Å². The molecule has 0 heterocycles. The quantitative estimate of drug-likeness (QED) is 0.536. The molecule has 0 aliphatic carbocycles.